The van der Waals surface area contributed by atoms with E-state index in [-0.39, 0.29) is 0 Å². The molecule has 0 radical (unpaired) electrons. The lowest BCUT2D eigenvalue weighted by Crippen LogP contribution is -2.45. The third kappa shape index (κ3) is 3.47. The Hall–Kier alpha value is -0.570. The number of halogens is 1. The predicted molar refractivity (Wildman–Crippen MR) is 78.4 cm³/mol. The molecule has 2 nitrogen and oxygen atoms in total. The van der Waals surface area contributed by atoms with E-state index in [0.717, 1.165) is 11.6 Å². The zero-order valence-electron chi connectivity index (χ0n) is 11.5. The topological polar surface area (TPSA) is 15.3 Å². The Balaban J connectivity index is 1.74. The Labute approximate surface area is 115 Å². The van der Waals surface area contributed by atoms with Crippen molar-refractivity contribution in [2.75, 3.05) is 20.6 Å². The zero-order chi connectivity index (χ0) is 13.1. The molecule has 0 spiro atoms. The quantitative estimate of drug-likeness (QED) is 0.881. The first-order valence-corrected chi connectivity index (χ1v) is 7.09. The fourth-order valence-electron chi connectivity index (χ4n) is 2.34. The maximum Gasteiger partial charge on any atom is 0.0408 e. The van der Waals surface area contributed by atoms with Crippen LogP contribution >= 0.6 is 11.6 Å². The largest absolute Gasteiger partial charge is 0.312 e. The summed E-state index contributed by atoms with van der Waals surface area (Å²) >= 11 is 6.02. The van der Waals surface area contributed by atoms with Crippen molar-refractivity contribution in [2.45, 2.75) is 37.8 Å². The van der Waals surface area contributed by atoms with Crippen LogP contribution in [0.25, 0.3) is 0 Å². The number of hydrogen-bond donors (Lipinski definition) is 1. The monoisotopic (exact) mass is 266 g/mol. The maximum atomic E-state index is 6.02. The van der Waals surface area contributed by atoms with Crippen molar-refractivity contribution in [1.29, 1.82) is 0 Å². The van der Waals surface area contributed by atoms with Crippen LogP contribution < -0.4 is 5.32 Å². The lowest BCUT2D eigenvalue weighted by atomic mass is 9.76. The second kappa shape index (κ2) is 6.05. The zero-order valence-corrected chi connectivity index (χ0v) is 12.2. The molecule has 0 heterocycles. The molecule has 1 unspecified atom stereocenters. The summed E-state index contributed by atoms with van der Waals surface area (Å²) in [4.78, 5) is 2.25. The molecule has 100 valence electrons. The minimum atomic E-state index is 0.593. The molecule has 3 heteroatoms. The molecular weight excluding hydrogens is 244 g/mol. The normalized spacial score (nSPS) is 24.9. The van der Waals surface area contributed by atoms with Crippen molar-refractivity contribution < 1.29 is 0 Å². The molecular formula is C15H23ClN2. The van der Waals surface area contributed by atoms with Gasteiger partial charge in [-0.05, 0) is 57.5 Å². The Morgan fingerprint density at radius 1 is 1.39 bits per heavy atom. The molecule has 1 fully saturated rings. The summed E-state index contributed by atoms with van der Waals surface area (Å²) < 4.78 is 0. The van der Waals surface area contributed by atoms with Gasteiger partial charge in [0.05, 0.1) is 0 Å². The van der Waals surface area contributed by atoms with Crippen LogP contribution in [0.15, 0.2) is 24.3 Å². The molecule has 1 aromatic carbocycles. The highest BCUT2D eigenvalue weighted by atomic mass is 35.5. The van der Waals surface area contributed by atoms with Gasteiger partial charge in [-0.3, -0.25) is 0 Å². The van der Waals surface area contributed by atoms with Crippen LogP contribution in [0, 0.1) is 0 Å². The highest BCUT2D eigenvalue weighted by molar-refractivity contribution is 6.30. The average molecular weight is 267 g/mol. The lowest BCUT2D eigenvalue weighted by molar-refractivity contribution is 0.245. The molecule has 0 bridgehead atoms. The SMILES string of the molecule is CC(CNC1CC(c2cccc(Cl)c2)C1)N(C)C. The van der Waals surface area contributed by atoms with Gasteiger partial charge >= 0.3 is 0 Å². The van der Waals surface area contributed by atoms with E-state index >= 15 is 0 Å². The molecule has 1 saturated carbocycles. The first-order chi connectivity index (χ1) is 8.56. The van der Waals surface area contributed by atoms with Gasteiger partial charge < -0.3 is 10.2 Å². The van der Waals surface area contributed by atoms with Gasteiger partial charge in [0.1, 0.15) is 0 Å². The minimum Gasteiger partial charge on any atom is -0.312 e. The van der Waals surface area contributed by atoms with Gasteiger partial charge in [0.25, 0.3) is 0 Å². The summed E-state index contributed by atoms with van der Waals surface area (Å²) in [6, 6.07) is 9.55. The van der Waals surface area contributed by atoms with Gasteiger partial charge in [-0.15, -0.1) is 0 Å². The number of benzene rings is 1. The van der Waals surface area contributed by atoms with Crippen molar-refractivity contribution in [3.63, 3.8) is 0 Å². The van der Waals surface area contributed by atoms with E-state index in [4.69, 9.17) is 11.6 Å². The van der Waals surface area contributed by atoms with Gasteiger partial charge in [0.15, 0.2) is 0 Å². The van der Waals surface area contributed by atoms with Gasteiger partial charge in [0.2, 0.25) is 0 Å². The predicted octanol–water partition coefficient (Wildman–Crippen LogP) is 3.13. The van der Waals surface area contributed by atoms with Crippen molar-refractivity contribution in [1.82, 2.24) is 10.2 Å². The summed E-state index contributed by atoms with van der Waals surface area (Å²) in [5.74, 6) is 0.691. The van der Waals surface area contributed by atoms with Crippen molar-refractivity contribution in [3.05, 3.63) is 34.9 Å². The van der Waals surface area contributed by atoms with Crippen LogP contribution in [0.5, 0.6) is 0 Å². The van der Waals surface area contributed by atoms with Crippen LogP contribution in [0.2, 0.25) is 5.02 Å². The fourth-order valence-corrected chi connectivity index (χ4v) is 2.54. The molecule has 1 aromatic rings. The van der Waals surface area contributed by atoms with Crippen LogP contribution in [0.3, 0.4) is 0 Å². The van der Waals surface area contributed by atoms with Crippen molar-refractivity contribution in [3.8, 4) is 0 Å². The molecule has 1 aliphatic rings. The maximum absolute atomic E-state index is 6.02. The summed E-state index contributed by atoms with van der Waals surface area (Å²) in [6.07, 6.45) is 2.47. The van der Waals surface area contributed by atoms with Crippen LogP contribution in [-0.4, -0.2) is 37.6 Å². The van der Waals surface area contributed by atoms with E-state index < -0.39 is 0 Å². The number of nitrogens with zero attached hydrogens (tertiary/aromatic N) is 1. The molecule has 1 N–H and O–H groups in total. The molecule has 0 saturated heterocycles. The lowest BCUT2D eigenvalue weighted by Gasteiger charge is -2.37. The van der Waals surface area contributed by atoms with Crippen LogP contribution in [0.4, 0.5) is 0 Å². The third-order valence-electron chi connectivity index (χ3n) is 4.04. The van der Waals surface area contributed by atoms with Crippen molar-refractivity contribution in [2.24, 2.45) is 0 Å². The first-order valence-electron chi connectivity index (χ1n) is 6.71. The Morgan fingerprint density at radius 3 is 2.72 bits per heavy atom. The average Bonchev–Trinajstić information content (AvgIpc) is 2.26. The van der Waals surface area contributed by atoms with Gasteiger partial charge in [-0.25, -0.2) is 0 Å². The van der Waals surface area contributed by atoms with Gasteiger partial charge in [-0.1, -0.05) is 23.7 Å². The number of hydrogen-bond acceptors (Lipinski definition) is 2. The molecule has 1 aliphatic carbocycles. The number of rotatable bonds is 5. The second-order valence-corrected chi connectivity index (χ2v) is 6.08. The molecule has 1 atom stereocenters. The van der Waals surface area contributed by atoms with E-state index in [1.807, 2.05) is 12.1 Å². The molecule has 0 amide bonds. The summed E-state index contributed by atoms with van der Waals surface area (Å²) in [7, 11) is 4.25. The summed E-state index contributed by atoms with van der Waals surface area (Å²) in [5, 5.41) is 4.49. The molecule has 18 heavy (non-hydrogen) atoms. The van der Waals surface area contributed by atoms with E-state index in [1.54, 1.807) is 0 Å². The third-order valence-corrected chi connectivity index (χ3v) is 4.28. The van der Waals surface area contributed by atoms with E-state index in [9.17, 15) is 0 Å². The van der Waals surface area contributed by atoms with Gasteiger partial charge in [0, 0.05) is 23.7 Å². The highest BCUT2D eigenvalue weighted by Crippen LogP contribution is 2.37. The molecule has 0 aliphatic heterocycles. The Morgan fingerprint density at radius 2 is 2.11 bits per heavy atom. The van der Waals surface area contributed by atoms with E-state index in [0.29, 0.717) is 18.0 Å². The van der Waals surface area contributed by atoms with Crippen molar-refractivity contribution >= 4 is 11.6 Å². The fraction of sp³-hybridized carbons (Fsp3) is 0.600. The smallest absolute Gasteiger partial charge is 0.0408 e. The second-order valence-electron chi connectivity index (χ2n) is 5.64. The Bertz CT molecular complexity index is 386. The number of nitrogens with one attached hydrogen (secondary N) is 1. The Kier molecular flexibility index (Phi) is 4.66. The summed E-state index contributed by atoms with van der Waals surface area (Å²) in [6.45, 7) is 3.32. The van der Waals surface area contributed by atoms with E-state index in [1.165, 1.54) is 18.4 Å². The minimum absolute atomic E-state index is 0.593. The highest BCUT2D eigenvalue weighted by Gasteiger charge is 2.30. The first kappa shape index (κ1) is 13.9. The van der Waals surface area contributed by atoms with Gasteiger partial charge in [-0.2, -0.15) is 0 Å². The molecule has 2 rings (SSSR count). The molecule has 0 aromatic heterocycles. The van der Waals surface area contributed by atoms with Crippen LogP contribution in [0.1, 0.15) is 31.2 Å². The standard InChI is InChI=1S/C15H23ClN2/c1-11(18(2)3)10-17-15-8-13(9-15)12-5-4-6-14(16)7-12/h4-7,11,13,15,17H,8-10H2,1-3H3. The van der Waals surface area contributed by atoms with E-state index in [2.05, 4.69) is 43.4 Å². The number of likely N-dealkylation sites (N-methyl/N-ethyl adjacent to an activating group) is 1. The summed E-state index contributed by atoms with van der Waals surface area (Å²) in [5.41, 5.74) is 1.39. The van der Waals surface area contributed by atoms with Crippen LogP contribution in [-0.2, 0) is 0 Å².